The molecule has 190 valence electrons. The third-order valence-electron chi connectivity index (χ3n) is 6.92. The summed E-state index contributed by atoms with van der Waals surface area (Å²) in [5.74, 6) is 0.413. The average molecular weight is 486 g/mol. The number of hydrogen-bond donors (Lipinski definition) is 2. The summed E-state index contributed by atoms with van der Waals surface area (Å²) >= 11 is 0. The maximum absolute atomic E-state index is 12.7. The summed E-state index contributed by atoms with van der Waals surface area (Å²) in [6.45, 7) is -0.0567. The topological polar surface area (TPSA) is 131 Å². The first-order valence-corrected chi connectivity index (χ1v) is 12.7. The summed E-state index contributed by atoms with van der Waals surface area (Å²) in [5.41, 5.74) is 1.44. The minimum Gasteiger partial charge on any atom is -0.494 e. The van der Waals surface area contributed by atoms with E-state index in [0.717, 1.165) is 43.5 Å². The molecule has 0 bridgehead atoms. The fraction of sp³-hybridized carbons (Fsp3) is 0.640. The first kappa shape index (κ1) is 25.2. The van der Waals surface area contributed by atoms with Crippen molar-refractivity contribution in [1.29, 1.82) is 0 Å². The van der Waals surface area contributed by atoms with Crippen LogP contribution in [-0.2, 0) is 22.4 Å². The molecule has 1 fully saturated rings. The molecule has 0 radical (unpaired) electrons. The number of aliphatic hydroxyl groups is 2. The van der Waals surface area contributed by atoms with Crippen LogP contribution in [0.25, 0.3) is 0 Å². The van der Waals surface area contributed by atoms with Gasteiger partial charge >= 0.3 is 0 Å². The summed E-state index contributed by atoms with van der Waals surface area (Å²) < 4.78 is 7.96. The second kappa shape index (κ2) is 12.2. The number of benzene rings is 1. The van der Waals surface area contributed by atoms with Gasteiger partial charge in [0.1, 0.15) is 5.75 Å². The molecule has 1 aliphatic carbocycles. The number of aromatic nitrogens is 4. The van der Waals surface area contributed by atoms with Crippen molar-refractivity contribution < 1.29 is 24.5 Å². The molecule has 10 nitrogen and oxygen atoms in total. The summed E-state index contributed by atoms with van der Waals surface area (Å²) in [6.07, 6.45) is 9.38. The van der Waals surface area contributed by atoms with Crippen molar-refractivity contribution in [2.24, 2.45) is 5.92 Å². The molecule has 10 heteroatoms. The highest BCUT2D eigenvalue weighted by molar-refractivity contribution is 6.16. The number of rotatable bonds is 11. The van der Waals surface area contributed by atoms with E-state index in [1.54, 1.807) is 12.1 Å². The van der Waals surface area contributed by atoms with Crippen LogP contribution in [0, 0.1) is 5.92 Å². The highest BCUT2D eigenvalue weighted by atomic mass is 16.5. The van der Waals surface area contributed by atoms with E-state index in [4.69, 9.17) is 4.74 Å². The molecule has 35 heavy (non-hydrogen) atoms. The van der Waals surface area contributed by atoms with E-state index in [2.05, 4.69) is 15.5 Å². The molecular weight excluding hydrogens is 450 g/mol. The summed E-state index contributed by atoms with van der Waals surface area (Å²) in [6, 6.07) is 5.83. The first-order valence-electron chi connectivity index (χ1n) is 12.7. The third kappa shape index (κ3) is 6.24. The number of unbranched alkanes of at least 4 members (excludes halogenated alkanes) is 1. The molecule has 2 heterocycles. The minimum absolute atomic E-state index is 0.0829. The molecular formula is C25H35N5O5. The lowest BCUT2D eigenvalue weighted by molar-refractivity contribution is -0.127. The molecule has 2 aromatic rings. The monoisotopic (exact) mass is 485 g/mol. The molecule has 0 unspecified atom stereocenters. The second-order valence-corrected chi connectivity index (χ2v) is 9.49. The quantitative estimate of drug-likeness (QED) is 0.464. The number of aliphatic hydroxyl groups excluding tert-OH is 2. The van der Waals surface area contributed by atoms with Gasteiger partial charge in [0.25, 0.3) is 0 Å². The number of ether oxygens (including phenoxy) is 1. The molecule has 0 spiro atoms. The normalized spacial score (nSPS) is 16.5. The summed E-state index contributed by atoms with van der Waals surface area (Å²) in [7, 11) is 0. The Morgan fingerprint density at radius 2 is 1.91 bits per heavy atom. The number of nitrogens with zero attached hydrogens (tertiary/aromatic N) is 5. The summed E-state index contributed by atoms with van der Waals surface area (Å²) in [5, 5.41) is 30.9. The van der Waals surface area contributed by atoms with Gasteiger partial charge in [-0.15, -0.1) is 5.10 Å². The van der Waals surface area contributed by atoms with Crippen LogP contribution in [0.2, 0.25) is 0 Å². The largest absolute Gasteiger partial charge is 0.494 e. The van der Waals surface area contributed by atoms with Crippen molar-refractivity contribution >= 4 is 17.5 Å². The van der Waals surface area contributed by atoms with Crippen LogP contribution in [0.5, 0.6) is 5.75 Å². The van der Waals surface area contributed by atoms with Crippen LogP contribution >= 0.6 is 0 Å². The number of imide groups is 1. The lowest BCUT2D eigenvalue weighted by Crippen LogP contribution is -2.41. The van der Waals surface area contributed by atoms with Gasteiger partial charge in [0.2, 0.25) is 11.8 Å². The predicted molar refractivity (Wildman–Crippen MR) is 128 cm³/mol. The lowest BCUT2D eigenvalue weighted by Gasteiger charge is -2.29. The van der Waals surface area contributed by atoms with Gasteiger partial charge in [-0.1, -0.05) is 19.3 Å². The van der Waals surface area contributed by atoms with Crippen LogP contribution in [0.15, 0.2) is 18.2 Å². The van der Waals surface area contributed by atoms with E-state index in [1.165, 1.54) is 24.2 Å². The van der Waals surface area contributed by atoms with Gasteiger partial charge in [-0.2, -0.15) is 0 Å². The van der Waals surface area contributed by atoms with E-state index in [0.29, 0.717) is 30.5 Å². The number of anilines is 1. The first-order chi connectivity index (χ1) is 17.1. The second-order valence-electron chi connectivity index (χ2n) is 9.49. The summed E-state index contributed by atoms with van der Waals surface area (Å²) in [4.78, 5) is 26.3. The zero-order valence-corrected chi connectivity index (χ0v) is 20.1. The highest BCUT2D eigenvalue weighted by Crippen LogP contribution is 2.32. The van der Waals surface area contributed by atoms with Gasteiger partial charge in [-0.25, -0.2) is 4.68 Å². The Bertz CT molecular complexity index is 1000. The maximum atomic E-state index is 12.7. The number of aryl methyl sites for hydroxylation is 2. The van der Waals surface area contributed by atoms with Gasteiger partial charge in [-0.05, 0) is 66.3 Å². The number of amides is 2. The molecule has 4 rings (SSSR count). The molecule has 1 aliphatic heterocycles. The molecule has 1 saturated carbocycles. The molecule has 2 aliphatic rings. The molecule has 2 N–H and O–H groups in total. The Labute approximate surface area is 205 Å². The van der Waals surface area contributed by atoms with E-state index < -0.39 is 11.8 Å². The van der Waals surface area contributed by atoms with Crippen molar-refractivity contribution in [3.63, 3.8) is 0 Å². The maximum Gasteiger partial charge on any atom is 0.234 e. The van der Waals surface area contributed by atoms with Gasteiger partial charge in [0.15, 0.2) is 5.82 Å². The predicted octanol–water partition coefficient (Wildman–Crippen LogP) is 2.38. The Morgan fingerprint density at radius 1 is 1.11 bits per heavy atom. The fourth-order valence-electron chi connectivity index (χ4n) is 4.92. The van der Waals surface area contributed by atoms with Crippen molar-refractivity contribution in [3.05, 3.63) is 29.6 Å². The van der Waals surface area contributed by atoms with Crippen LogP contribution in [0.1, 0.15) is 75.2 Å². The van der Waals surface area contributed by atoms with Crippen molar-refractivity contribution in [2.75, 3.05) is 24.7 Å². The SMILES string of the molecule is O=C1CCc2cc(OCCCCc3nnnn3C3CCCCC3)ccc2N1C(=O)CC(CO)CO. The Kier molecular flexibility index (Phi) is 8.81. The number of carbonyl (C=O) groups excluding carboxylic acids is 2. The Morgan fingerprint density at radius 3 is 2.69 bits per heavy atom. The zero-order valence-electron chi connectivity index (χ0n) is 20.1. The zero-order chi connectivity index (χ0) is 24.6. The van der Waals surface area contributed by atoms with Crippen LogP contribution in [0.3, 0.4) is 0 Å². The van der Waals surface area contributed by atoms with Gasteiger partial charge in [0, 0.05) is 38.4 Å². The molecule has 2 amide bonds. The highest BCUT2D eigenvalue weighted by Gasteiger charge is 2.31. The van der Waals surface area contributed by atoms with Gasteiger partial charge < -0.3 is 14.9 Å². The van der Waals surface area contributed by atoms with Crippen molar-refractivity contribution in [3.8, 4) is 5.75 Å². The Balaban J connectivity index is 1.28. The van der Waals surface area contributed by atoms with E-state index in [9.17, 15) is 19.8 Å². The van der Waals surface area contributed by atoms with Crippen LogP contribution < -0.4 is 9.64 Å². The average Bonchev–Trinajstić information content (AvgIpc) is 3.36. The number of tetrazole rings is 1. The molecule has 1 aromatic heterocycles. The minimum atomic E-state index is -0.574. The molecule has 0 atom stereocenters. The third-order valence-corrected chi connectivity index (χ3v) is 6.92. The number of fused-ring (bicyclic) bond motifs is 1. The van der Waals surface area contributed by atoms with E-state index in [-0.39, 0.29) is 32.0 Å². The number of carbonyl (C=O) groups is 2. The smallest absolute Gasteiger partial charge is 0.234 e. The van der Waals surface area contributed by atoms with Crippen LogP contribution in [-0.4, -0.2) is 62.1 Å². The molecule has 0 saturated heterocycles. The van der Waals surface area contributed by atoms with E-state index in [1.807, 2.05) is 10.7 Å². The lowest BCUT2D eigenvalue weighted by atomic mass is 9.95. The van der Waals surface area contributed by atoms with Gasteiger partial charge in [0.05, 0.1) is 18.3 Å². The standard InChI is InChI=1S/C25H35N5O5/c31-16-18(17-32)14-25(34)29-22-11-10-21(15-19(22)9-12-24(29)33)35-13-5-4-8-23-26-27-28-30(23)20-6-2-1-3-7-20/h10-11,15,18,20,31-32H,1-9,12-14,16-17H2. The van der Waals surface area contributed by atoms with Crippen LogP contribution in [0.4, 0.5) is 5.69 Å². The van der Waals surface area contributed by atoms with E-state index >= 15 is 0 Å². The molecule has 1 aromatic carbocycles. The Hall–Kier alpha value is -2.85. The fourth-order valence-corrected chi connectivity index (χ4v) is 4.92. The number of hydrogen-bond acceptors (Lipinski definition) is 8. The van der Waals surface area contributed by atoms with Crippen molar-refractivity contribution in [1.82, 2.24) is 20.2 Å². The van der Waals surface area contributed by atoms with Crippen molar-refractivity contribution in [2.45, 2.75) is 76.7 Å². The van der Waals surface area contributed by atoms with Gasteiger partial charge in [-0.3, -0.25) is 14.5 Å².